The summed E-state index contributed by atoms with van der Waals surface area (Å²) >= 11 is 0. The fourth-order valence-corrected chi connectivity index (χ4v) is 4.38. The zero-order valence-electron chi connectivity index (χ0n) is 16.4. The number of fused-ring (bicyclic) bond motifs is 1. The summed E-state index contributed by atoms with van der Waals surface area (Å²) in [4.78, 5) is 21.3. The van der Waals surface area contributed by atoms with E-state index in [9.17, 15) is 4.79 Å². The summed E-state index contributed by atoms with van der Waals surface area (Å²) < 4.78 is 1.60. The van der Waals surface area contributed by atoms with Crippen LogP contribution in [0.15, 0.2) is 30.3 Å². The van der Waals surface area contributed by atoms with Gasteiger partial charge in [0.2, 0.25) is 11.9 Å². The summed E-state index contributed by atoms with van der Waals surface area (Å²) in [6, 6.07) is 10.6. The molecule has 3 N–H and O–H groups in total. The van der Waals surface area contributed by atoms with Crippen molar-refractivity contribution in [3.63, 3.8) is 0 Å². The van der Waals surface area contributed by atoms with Gasteiger partial charge in [-0.1, -0.05) is 43.2 Å². The van der Waals surface area contributed by atoms with Gasteiger partial charge in [0.15, 0.2) is 0 Å². The van der Waals surface area contributed by atoms with Crippen molar-refractivity contribution >= 4 is 17.6 Å². The van der Waals surface area contributed by atoms with Crippen molar-refractivity contribution < 1.29 is 4.79 Å². The Bertz CT molecular complexity index is 1000. The molecule has 0 saturated heterocycles. The maximum absolute atomic E-state index is 12.8. The monoisotopic (exact) mass is 378 g/mol. The van der Waals surface area contributed by atoms with Crippen LogP contribution in [0.5, 0.6) is 0 Å². The molecule has 1 fully saturated rings. The second-order valence-corrected chi connectivity index (χ2v) is 7.75. The predicted molar refractivity (Wildman–Crippen MR) is 108 cm³/mol. The molecule has 7 nitrogen and oxygen atoms in total. The van der Waals surface area contributed by atoms with Crippen LogP contribution in [0.1, 0.15) is 48.2 Å². The topological polar surface area (TPSA) is 98.2 Å². The van der Waals surface area contributed by atoms with Crippen molar-refractivity contribution in [2.75, 3.05) is 12.3 Å². The van der Waals surface area contributed by atoms with Gasteiger partial charge in [-0.05, 0) is 32.3 Å². The number of anilines is 1. The number of carbonyl (C=O) groups is 1. The van der Waals surface area contributed by atoms with E-state index < -0.39 is 0 Å². The molecule has 7 heteroatoms. The van der Waals surface area contributed by atoms with Crippen molar-refractivity contribution in [2.45, 2.75) is 51.4 Å². The standard InChI is InChI=1S/C21H26N6O/c1-14-17(15(2)27-20(24-14)25-19(22)26-27)12-18(28)23-13-21(10-6-7-11-21)16-8-4-3-5-9-16/h3-5,8-9H,6-7,10-13H2,1-2H3,(H2,22,26)(H,23,28). The second-order valence-electron chi connectivity index (χ2n) is 7.75. The van der Waals surface area contributed by atoms with Gasteiger partial charge in [0.05, 0.1) is 6.42 Å². The molecule has 1 aromatic carbocycles. The Kier molecular flexibility index (Phi) is 4.75. The highest BCUT2D eigenvalue weighted by Crippen LogP contribution is 2.40. The zero-order chi connectivity index (χ0) is 19.7. The summed E-state index contributed by atoms with van der Waals surface area (Å²) in [5.41, 5.74) is 9.55. The number of hydrogen-bond acceptors (Lipinski definition) is 5. The molecular weight excluding hydrogens is 352 g/mol. The van der Waals surface area contributed by atoms with E-state index in [0.717, 1.165) is 29.8 Å². The van der Waals surface area contributed by atoms with Crippen LogP contribution in [0.25, 0.3) is 5.78 Å². The number of rotatable bonds is 5. The molecular formula is C21H26N6O. The zero-order valence-corrected chi connectivity index (χ0v) is 16.4. The highest BCUT2D eigenvalue weighted by Gasteiger charge is 2.35. The number of aromatic nitrogens is 4. The first kappa shape index (κ1) is 18.4. The van der Waals surface area contributed by atoms with Gasteiger partial charge in [-0.3, -0.25) is 4.79 Å². The Labute approximate surface area is 164 Å². The van der Waals surface area contributed by atoms with Crippen LogP contribution in [0.4, 0.5) is 5.95 Å². The molecule has 1 saturated carbocycles. The van der Waals surface area contributed by atoms with Crippen LogP contribution >= 0.6 is 0 Å². The molecule has 3 aromatic rings. The molecule has 0 atom stereocenters. The van der Waals surface area contributed by atoms with Gasteiger partial charge in [0.1, 0.15) is 0 Å². The highest BCUT2D eigenvalue weighted by atomic mass is 16.1. The van der Waals surface area contributed by atoms with E-state index in [-0.39, 0.29) is 23.7 Å². The van der Waals surface area contributed by atoms with Crippen molar-refractivity contribution in [1.82, 2.24) is 24.9 Å². The van der Waals surface area contributed by atoms with E-state index in [1.54, 1.807) is 4.52 Å². The quantitative estimate of drug-likeness (QED) is 0.711. The van der Waals surface area contributed by atoms with E-state index in [2.05, 4.69) is 44.6 Å². The summed E-state index contributed by atoms with van der Waals surface area (Å²) in [6.07, 6.45) is 4.90. The molecule has 28 heavy (non-hydrogen) atoms. The van der Waals surface area contributed by atoms with Gasteiger partial charge in [-0.15, -0.1) is 5.10 Å². The fourth-order valence-electron chi connectivity index (χ4n) is 4.38. The summed E-state index contributed by atoms with van der Waals surface area (Å²) in [7, 11) is 0. The normalized spacial score (nSPS) is 15.8. The molecule has 0 unspecified atom stereocenters. The van der Waals surface area contributed by atoms with E-state index in [0.29, 0.717) is 12.3 Å². The fraction of sp³-hybridized carbons (Fsp3) is 0.429. The maximum Gasteiger partial charge on any atom is 0.254 e. The third-order valence-corrected chi connectivity index (χ3v) is 5.97. The molecule has 146 valence electrons. The molecule has 0 radical (unpaired) electrons. The smallest absolute Gasteiger partial charge is 0.254 e. The summed E-state index contributed by atoms with van der Waals surface area (Å²) in [6.45, 7) is 4.48. The number of nitrogens with zero attached hydrogens (tertiary/aromatic N) is 4. The first-order valence-corrected chi connectivity index (χ1v) is 9.79. The molecule has 1 aliphatic carbocycles. The van der Waals surface area contributed by atoms with E-state index in [1.807, 2.05) is 19.9 Å². The Morgan fingerprint density at radius 1 is 1.18 bits per heavy atom. The van der Waals surface area contributed by atoms with Crippen LogP contribution < -0.4 is 11.1 Å². The van der Waals surface area contributed by atoms with Crippen molar-refractivity contribution in [3.8, 4) is 0 Å². The average Bonchev–Trinajstić information content (AvgIpc) is 3.31. The van der Waals surface area contributed by atoms with Crippen molar-refractivity contribution in [1.29, 1.82) is 0 Å². The lowest BCUT2D eigenvalue weighted by molar-refractivity contribution is -0.120. The molecule has 1 aliphatic rings. The predicted octanol–water partition coefficient (Wildman–Crippen LogP) is 2.49. The second kappa shape index (κ2) is 7.22. The maximum atomic E-state index is 12.8. The SMILES string of the molecule is Cc1nc2nc(N)nn2c(C)c1CC(=O)NCC1(c2ccccc2)CCCC1. The average molecular weight is 378 g/mol. The molecule has 2 heterocycles. The van der Waals surface area contributed by atoms with Gasteiger partial charge >= 0.3 is 0 Å². The van der Waals surface area contributed by atoms with Gasteiger partial charge in [-0.2, -0.15) is 9.50 Å². The third-order valence-electron chi connectivity index (χ3n) is 5.97. The Morgan fingerprint density at radius 3 is 2.61 bits per heavy atom. The van der Waals surface area contributed by atoms with Crippen LogP contribution in [-0.2, 0) is 16.6 Å². The largest absolute Gasteiger partial charge is 0.366 e. The highest BCUT2D eigenvalue weighted by molar-refractivity contribution is 5.79. The minimum Gasteiger partial charge on any atom is -0.366 e. The van der Waals surface area contributed by atoms with E-state index >= 15 is 0 Å². The molecule has 4 rings (SSSR count). The van der Waals surface area contributed by atoms with Gasteiger partial charge < -0.3 is 11.1 Å². The lowest BCUT2D eigenvalue weighted by Gasteiger charge is -2.30. The number of nitrogen functional groups attached to an aromatic ring is 1. The van der Waals surface area contributed by atoms with Crippen LogP contribution in [0.2, 0.25) is 0 Å². The Balaban J connectivity index is 1.51. The van der Waals surface area contributed by atoms with Crippen LogP contribution in [-0.4, -0.2) is 32.0 Å². The van der Waals surface area contributed by atoms with E-state index in [4.69, 9.17) is 5.73 Å². The number of aryl methyl sites for hydroxylation is 2. The first-order chi connectivity index (χ1) is 13.5. The van der Waals surface area contributed by atoms with Crippen LogP contribution in [0, 0.1) is 13.8 Å². The Hall–Kier alpha value is -2.96. The third kappa shape index (κ3) is 3.32. The van der Waals surface area contributed by atoms with Gasteiger partial charge in [-0.25, -0.2) is 4.98 Å². The molecule has 2 aromatic heterocycles. The van der Waals surface area contributed by atoms with E-state index in [1.165, 1.54) is 18.4 Å². The number of amides is 1. The first-order valence-electron chi connectivity index (χ1n) is 9.79. The lowest BCUT2D eigenvalue weighted by atomic mass is 9.79. The summed E-state index contributed by atoms with van der Waals surface area (Å²) in [5, 5.41) is 7.35. The Morgan fingerprint density at radius 2 is 1.89 bits per heavy atom. The number of nitrogens with two attached hydrogens (primary N) is 1. The van der Waals surface area contributed by atoms with Crippen LogP contribution in [0.3, 0.4) is 0 Å². The minimum atomic E-state index is 0.00245. The van der Waals surface area contributed by atoms with Crippen molar-refractivity contribution in [3.05, 3.63) is 52.8 Å². The number of nitrogens with one attached hydrogen (secondary N) is 1. The number of carbonyl (C=O) groups excluding carboxylic acids is 1. The molecule has 0 bridgehead atoms. The minimum absolute atomic E-state index is 0.00245. The molecule has 0 aliphatic heterocycles. The van der Waals surface area contributed by atoms with Crippen molar-refractivity contribution in [2.24, 2.45) is 0 Å². The van der Waals surface area contributed by atoms with Gasteiger partial charge in [0.25, 0.3) is 5.78 Å². The van der Waals surface area contributed by atoms with Gasteiger partial charge in [0, 0.05) is 28.9 Å². The lowest BCUT2D eigenvalue weighted by Crippen LogP contribution is -2.39. The summed E-state index contributed by atoms with van der Waals surface area (Å²) in [5.74, 6) is 0.649. The number of hydrogen-bond donors (Lipinski definition) is 2. The molecule has 0 spiro atoms. The number of benzene rings is 1. The molecule has 1 amide bonds.